The SMILES string of the molecule is CC(=O)OCCCS(=O)(=O)NC(=O)c1ccc(-c2ccc(CCCN(C[C@@H](O)c3cccnc3)C(=O)OC(C)(C)C)cc2)cc1OC(C)C. The molecule has 49 heavy (non-hydrogen) atoms. The highest BCUT2D eigenvalue weighted by atomic mass is 32.2. The lowest BCUT2D eigenvalue weighted by Gasteiger charge is -2.29. The highest BCUT2D eigenvalue weighted by Crippen LogP contribution is 2.29. The monoisotopic (exact) mass is 697 g/mol. The number of amides is 2. The summed E-state index contributed by atoms with van der Waals surface area (Å²) in [4.78, 5) is 42.4. The van der Waals surface area contributed by atoms with Crippen molar-refractivity contribution < 1.29 is 42.1 Å². The van der Waals surface area contributed by atoms with E-state index in [0.29, 0.717) is 24.9 Å². The lowest BCUT2D eigenvalue weighted by Crippen LogP contribution is -2.40. The van der Waals surface area contributed by atoms with Gasteiger partial charge >= 0.3 is 12.1 Å². The molecule has 0 saturated heterocycles. The molecule has 1 heterocycles. The molecule has 12 nitrogen and oxygen atoms in total. The third-order valence-corrected chi connectivity index (χ3v) is 8.32. The highest BCUT2D eigenvalue weighted by Gasteiger charge is 2.25. The molecule has 0 bridgehead atoms. The van der Waals surface area contributed by atoms with E-state index in [4.69, 9.17) is 14.2 Å². The van der Waals surface area contributed by atoms with Crippen LogP contribution in [-0.4, -0.2) is 78.5 Å². The van der Waals surface area contributed by atoms with Gasteiger partial charge in [-0.15, -0.1) is 0 Å². The van der Waals surface area contributed by atoms with E-state index in [1.54, 1.807) is 71.3 Å². The summed E-state index contributed by atoms with van der Waals surface area (Å²) in [5.41, 5.74) is 2.66. The molecule has 3 aromatic rings. The van der Waals surface area contributed by atoms with Crippen LogP contribution in [0.25, 0.3) is 11.1 Å². The Morgan fingerprint density at radius 1 is 1.00 bits per heavy atom. The average Bonchev–Trinajstić information content (AvgIpc) is 3.02. The first-order valence-electron chi connectivity index (χ1n) is 16.2. The van der Waals surface area contributed by atoms with E-state index in [-0.39, 0.29) is 42.7 Å². The molecular weight excluding hydrogens is 650 g/mol. The Morgan fingerprint density at radius 2 is 1.69 bits per heavy atom. The van der Waals surface area contributed by atoms with E-state index >= 15 is 0 Å². The van der Waals surface area contributed by atoms with Crippen molar-refractivity contribution in [3.8, 4) is 16.9 Å². The minimum atomic E-state index is -3.97. The molecule has 3 rings (SSSR count). The number of nitrogens with zero attached hydrogens (tertiary/aromatic N) is 2. The Morgan fingerprint density at radius 3 is 2.31 bits per heavy atom. The van der Waals surface area contributed by atoms with Crippen LogP contribution in [0.5, 0.6) is 5.75 Å². The van der Waals surface area contributed by atoms with Crippen molar-refractivity contribution in [2.24, 2.45) is 0 Å². The van der Waals surface area contributed by atoms with E-state index in [1.165, 1.54) is 17.9 Å². The van der Waals surface area contributed by atoms with Gasteiger partial charge in [-0.1, -0.05) is 36.4 Å². The number of rotatable bonds is 16. The van der Waals surface area contributed by atoms with Gasteiger partial charge in [-0.25, -0.2) is 17.9 Å². The fraction of sp³-hybridized carbons (Fsp3) is 0.444. The van der Waals surface area contributed by atoms with Gasteiger partial charge in [0.1, 0.15) is 11.4 Å². The topological polar surface area (TPSA) is 161 Å². The molecule has 0 spiro atoms. The zero-order valence-corrected chi connectivity index (χ0v) is 29.8. The Hall–Kier alpha value is -4.49. The van der Waals surface area contributed by atoms with Crippen molar-refractivity contribution in [3.63, 3.8) is 0 Å². The van der Waals surface area contributed by atoms with Gasteiger partial charge < -0.3 is 24.2 Å². The molecule has 2 amide bonds. The Bertz CT molecular complexity index is 1660. The third kappa shape index (κ3) is 13.5. The van der Waals surface area contributed by atoms with Crippen molar-refractivity contribution in [2.45, 2.75) is 78.6 Å². The van der Waals surface area contributed by atoms with Crippen molar-refractivity contribution in [2.75, 3.05) is 25.4 Å². The molecule has 1 aromatic heterocycles. The summed E-state index contributed by atoms with van der Waals surface area (Å²) in [6, 6.07) is 16.3. The molecule has 13 heteroatoms. The van der Waals surface area contributed by atoms with Gasteiger partial charge in [-0.2, -0.15) is 0 Å². The zero-order chi connectivity index (χ0) is 36.2. The minimum Gasteiger partial charge on any atom is -0.490 e. The Labute approximate surface area is 288 Å². The summed E-state index contributed by atoms with van der Waals surface area (Å²) in [5.74, 6) is -1.48. The van der Waals surface area contributed by atoms with Crippen LogP contribution in [-0.2, 0) is 30.7 Å². The Kier molecular flexibility index (Phi) is 14.1. The van der Waals surface area contributed by atoms with Crippen LogP contribution in [0.4, 0.5) is 4.79 Å². The van der Waals surface area contributed by atoms with Gasteiger partial charge in [-0.3, -0.25) is 14.6 Å². The van der Waals surface area contributed by atoms with E-state index in [2.05, 4.69) is 9.71 Å². The first kappa shape index (κ1) is 39.0. The van der Waals surface area contributed by atoms with Gasteiger partial charge in [0.25, 0.3) is 5.91 Å². The maximum Gasteiger partial charge on any atom is 0.410 e. The number of carbonyl (C=O) groups is 3. The number of aromatic nitrogens is 1. The predicted molar refractivity (Wildman–Crippen MR) is 185 cm³/mol. The molecule has 266 valence electrons. The summed E-state index contributed by atoms with van der Waals surface area (Å²) in [6.07, 6.45) is 2.83. The van der Waals surface area contributed by atoms with Gasteiger partial charge in [0.15, 0.2) is 0 Å². The zero-order valence-electron chi connectivity index (χ0n) is 29.0. The van der Waals surface area contributed by atoms with Crippen LogP contribution in [0.1, 0.15) is 82.0 Å². The summed E-state index contributed by atoms with van der Waals surface area (Å²) in [6.45, 7) is 10.6. The molecule has 0 saturated carbocycles. The number of nitrogens with one attached hydrogen (secondary N) is 1. The molecule has 2 aromatic carbocycles. The first-order chi connectivity index (χ1) is 23.0. The number of pyridine rings is 1. The lowest BCUT2D eigenvalue weighted by molar-refractivity contribution is -0.140. The largest absolute Gasteiger partial charge is 0.490 e. The summed E-state index contributed by atoms with van der Waals surface area (Å²) >= 11 is 0. The normalized spacial score (nSPS) is 12.2. The van der Waals surface area contributed by atoms with Crippen molar-refractivity contribution in [1.29, 1.82) is 0 Å². The molecule has 0 radical (unpaired) electrons. The van der Waals surface area contributed by atoms with E-state index < -0.39 is 39.7 Å². The number of hydrogen-bond acceptors (Lipinski definition) is 10. The van der Waals surface area contributed by atoms with E-state index in [0.717, 1.165) is 16.7 Å². The van der Waals surface area contributed by atoms with Crippen LogP contribution in [0.2, 0.25) is 0 Å². The fourth-order valence-electron chi connectivity index (χ4n) is 4.76. The van der Waals surface area contributed by atoms with Crippen molar-refractivity contribution in [1.82, 2.24) is 14.6 Å². The number of sulfonamides is 1. The van der Waals surface area contributed by atoms with E-state index in [9.17, 15) is 27.9 Å². The smallest absolute Gasteiger partial charge is 0.410 e. The molecule has 0 aliphatic heterocycles. The maximum atomic E-state index is 13.0. The second-order valence-electron chi connectivity index (χ2n) is 12.9. The number of aliphatic hydroxyl groups is 1. The van der Waals surface area contributed by atoms with Crippen LogP contribution in [0.3, 0.4) is 0 Å². The van der Waals surface area contributed by atoms with Crippen LogP contribution in [0, 0.1) is 0 Å². The maximum absolute atomic E-state index is 13.0. The first-order valence-corrected chi connectivity index (χ1v) is 17.8. The standard InChI is InChI=1S/C36H47N3O9S/c1-25(2)47-33-22-29(16-17-31(33)34(42)38-49(44,45)21-9-20-46-26(3)40)28-14-12-27(13-15-28)10-8-19-39(35(43)48-36(4,5)6)24-32(41)30-11-7-18-37-23-30/h7,11-18,22-23,25,32,41H,8-10,19-21,24H2,1-6H3,(H,38,42)/t32-/m1/s1. The number of ether oxygens (including phenoxy) is 3. The number of esters is 1. The summed E-state index contributed by atoms with van der Waals surface area (Å²) in [7, 11) is -3.97. The molecule has 2 N–H and O–H groups in total. The van der Waals surface area contributed by atoms with Crippen LogP contribution in [0.15, 0.2) is 67.0 Å². The average molecular weight is 698 g/mol. The molecular formula is C36H47N3O9S. The highest BCUT2D eigenvalue weighted by molar-refractivity contribution is 7.90. The quantitative estimate of drug-likeness (QED) is 0.145. The van der Waals surface area contributed by atoms with Gasteiger partial charge in [-0.05, 0) is 88.8 Å². The third-order valence-electron chi connectivity index (χ3n) is 6.99. The molecule has 0 aliphatic rings. The number of carbonyl (C=O) groups excluding carboxylic acids is 3. The van der Waals surface area contributed by atoms with Gasteiger partial charge in [0, 0.05) is 31.4 Å². The summed E-state index contributed by atoms with van der Waals surface area (Å²) < 4.78 is 43.3. The number of hydrogen-bond donors (Lipinski definition) is 2. The molecule has 0 unspecified atom stereocenters. The van der Waals surface area contributed by atoms with Crippen molar-refractivity contribution in [3.05, 3.63) is 83.7 Å². The van der Waals surface area contributed by atoms with Crippen LogP contribution < -0.4 is 9.46 Å². The molecule has 0 aliphatic carbocycles. The lowest BCUT2D eigenvalue weighted by atomic mass is 10.00. The minimum absolute atomic E-state index is 0.0454. The number of benzene rings is 2. The number of aryl methyl sites for hydroxylation is 1. The van der Waals surface area contributed by atoms with E-state index in [1.807, 2.05) is 24.3 Å². The second kappa shape index (κ2) is 17.8. The summed E-state index contributed by atoms with van der Waals surface area (Å²) in [5, 5.41) is 10.8. The van der Waals surface area contributed by atoms with Crippen LogP contribution >= 0.6 is 0 Å². The Balaban J connectivity index is 1.68. The fourth-order valence-corrected chi connectivity index (χ4v) is 5.75. The molecule has 0 fully saturated rings. The van der Waals surface area contributed by atoms with Gasteiger partial charge in [0.05, 0.1) is 36.7 Å². The van der Waals surface area contributed by atoms with Gasteiger partial charge in [0.2, 0.25) is 10.0 Å². The number of aliphatic hydroxyl groups excluding tert-OH is 1. The molecule has 1 atom stereocenters. The second-order valence-corrected chi connectivity index (χ2v) is 14.7. The van der Waals surface area contributed by atoms with Crippen molar-refractivity contribution >= 4 is 28.0 Å². The predicted octanol–water partition coefficient (Wildman–Crippen LogP) is 5.45.